The zero-order chi connectivity index (χ0) is 40.5. The average molecular weight is 834 g/mol. The molecule has 16 nitrogen and oxygen atoms in total. The molecule has 5 N–H and O–H groups in total. The largest absolute Gasteiger partial charge is 0.481 e. The summed E-state index contributed by atoms with van der Waals surface area (Å²) in [7, 11) is -17.8. The number of hydrogen-bond donors (Lipinski definition) is 5. The Kier molecular flexibility index (Phi) is 12.8. The van der Waals surface area contributed by atoms with Gasteiger partial charge in [0.15, 0.2) is 5.71 Å². The quantitative estimate of drug-likeness (QED) is 0.0794. The van der Waals surface area contributed by atoms with Crippen LogP contribution in [0.15, 0.2) is 70.1 Å². The third kappa shape index (κ3) is 10.2. The Morgan fingerprint density at radius 3 is 1.91 bits per heavy atom. The van der Waals surface area contributed by atoms with Gasteiger partial charge in [-0.25, -0.2) is 0 Å². The number of unbranched alkanes of at least 4 members (excludes halogenated alkanes) is 2. The van der Waals surface area contributed by atoms with Crippen LogP contribution in [0, 0.1) is 0 Å². The van der Waals surface area contributed by atoms with Gasteiger partial charge in [0, 0.05) is 53.9 Å². The number of allylic oxidation sites excluding steroid dienone is 4. The standard InChI is InChI=1S/C34H44N2O14S4/c1-33(2)26-22-24(53(45,46)47)13-15-28(26)35(18-8-20-51(39,40)41)30(33)10-7-11-31-34(3,17-6-4-5-12-32(37)38)27-23-25(54(48,49)50)14-16-29(27)36(31)19-9-21-52(42,43)44/h7,10-11,13-16,22-23H,4-6,8-9,12,17-21H2,1-3H3,(H4-,37,38,39,40,41,42,43,44,45,46,47,48,49,50)/p+1. The van der Waals surface area contributed by atoms with Crippen LogP contribution >= 0.6 is 0 Å². The van der Waals surface area contributed by atoms with Crippen molar-refractivity contribution in [3.63, 3.8) is 0 Å². The van der Waals surface area contributed by atoms with E-state index in [1.54, 1.807) is 41.6 Å². The lowest BCUT2D eigenvalue weighted by Crippen LogP contribution is -2.30. The monoisotopic (exact) mass is 833 g/mol. The van der Waals surface area contributed by atoms with Crippen molar-refractivity contribution in [1.82, 2.24) is 0 Å². The number of fused-ring (bicyclic) bond motifs is 2. The van der Waals surface area contributed by atoms with Gasteiger partial charge in [-0.3, -0.25) is 23.0 Å². The molecule has 0 spiro atoms. The topological polar surface area (TPSA) is 261 Å². The third-order valence-corrected chi connectivity index (χ3v) is 13.1. The first-order chi connectivity index (χ1) is 24.8. The molecule has 0 aliphatic carbocycles. The number of aliphatic carboxylic acids is 1. The lowest BCUT2D eigenvalue weighted by molar-refractivity contribution is -0.437. The minimum Gasteiger partial charge on any atom is -0.481 e. The van der Waals surface area contributed by atoms with Crippen molar-refractivity contribution in [3.05, 3.63) is 71.5 Å². The van der Waals surface area contributed by atoms with Gasteiger partial charge in [0.05, 0.1) is 26.7 Å². The van der Waals surface area contributed by atoms with Crippen molar-refractivity contribution >= 4 is 63.5 Å². The summed E-state index contributed by atoms with van der Waals surface area (Å²) in [6.45, 7) is 5.62. The molecule has 0 amide bonds. The SMILES string of the molecule is CC1(C)C(/C=C/C=C2/N(CCCS(=O)(=O)O)c3ccc(S(=O)(=O)O)cc3C2(C)CCCCCC(=O)O)=[N+](CCCS(=O)(=O)O)c2ccc(S(=O)(=O)O)cc21. The van der Waals surface area contributed by atoms with Crippen molar-refractivity contribution in [3.8, 4) is 0 Å². The van der Waals surface area contributed by atoms with Crippen LogP contribution in [-0.2, 0) is 56.1 Å². The van der Waals surface area contributed by atoms with E-state index in [-0.39, 0.29) is 42.1 Å². The maximum atomic E-state index is 12.2. The predicted octanol–water partition coefficient (Wildman–Crippen LogP) is 4.37. The van der Waals surface area contributed by atoms with E-state index in [4.69, 9.17) is 5.11 Å². The van der Waals surface area contributed by atoms with Gasteiger partial charge < -0.3 is 10.0 Å². The van der Waals surface area contributed by atoms with Crippen LogP contribution in [0.3, 0.4) is 0 Å². The maximum absolute atomic E-state index is 12.2. The number of anilines is 1. The first kappa shape index (κ1) is 43.2. The predicted molar refractivity (Wildman–Crippen MR) is 200 cm³/mol. The van der Waals surface area contributed by atoms with Crippen LogP contribution < -0.4 is 4.90 Å². The van der Waals surface area contributed by atoms with Crippen LogP contribution in [-0.4, -0.2) is 97.8 Å². The lowest BCUT2D eigenvalue weighted by Gasteiger charge is -2.30. The van der Waals surface area contributed by atoms with Crippen molar-refractivity contribution in [1.29, 1.82) is 0 Å². The number of nitrogens with zero attached hydrogens (tertiary/aromatic N) is 2. The van der Waals surface area contributed by atoms with Gasteiger partial charge in [-0.2, -0.15) is 38.2 Å². The van der Waals surface area contributed by atoms with E-state index in [0.717, 1.165) is 0 Å². The zero-order valence-electron chi connectivity index (χ0n) is 29.9. The zero-order valence-corrected chi connectivity index (χ0v) is 33.2. The molecule has 2 aliphatic heterocycles. The van der Waals surface area contributed by atoms with E-state index in [1.165, 1.54) is 36.4 Å². The molecule has 0 fully saturated rings. The minimum absolute atomic E-state index is 0.000265. The number of carboxylic acid groups (broad SMARTS) is 1. The van der Waals surface area contributed by atoms with E-state index in [2.05, 4.69) is 0 Å². The summed E-state index contributed by atoms with van der Waals surface area (Å²) in [4.78, 5) is 12.2. The van der Waals surface area contributed by atoms with Crippen LogP contribution in [0.1, 0.15) is 76.8 Å². The average Bonchev–Trinajstić information content (AvgIpc) is 3.38. The Bertz CT molecular complexity index is 2350. The van der Waals surface area contributed by atoms with Gasteiger partial charge >= 0.3 is 5.97 Å². The molecular weight excluding hydrogens is 789 g/mol. The van der Waals surface area contributed by atoms with E-state index >= 15 is 0 Å². The van der Waals surface area contributed by atoms with Crippen LogP contribution in [0.4, 0.5) is 11.4 Å². The molecule has 0 saturated carbocycles. The summed E-state index contributed by atoms with van der Waals surface area (Å²) in [5, 5.41) is 9.12. The maximum Gasteiger partial charge on any atom is 0.303 e. The number of hydrogen-bond acceptors (Lipinski definition) is 10. The Hall–Kier alpha value is -3.50. The summed E-state index contributed by atoms with van der Waals surface area (Å²) in [5.74, 6) is -2.06. The summed E-state index contributed by atoms with van der Waals surface area (Å²) in [6.07, 6.45) is 6.89. The summed E-state index contributed by atoms with van der Waals surface area (Å²) < 4.78 is 135. The Morgan fingerprint density at radius 1 is 0.759 bits per heavy atom. The van der Waals surface area contributed by atoms with E-state index in [1.807, 2.05) is 6.92 Å². The second kappa shape index (κ2) is 15.9. The van der Waals surface area contributed by atoms with Gasteiger partial charge in [-0.05, 0) is 82.0 Å². The van der Waals surface area contributed by atoms with E-state index in [0.29, 0.717) is 59.6 Å². The molecular formula is C34H45N2O14S4+. The molecule has 4 rings (SSSR count). The molecule has 2 aliphatic rings. The van der Waals surface area contributed by atoms with Crippen molar-refractivity contribution < 1.29 is 66.4 Å². The van der Waals surface area contributed by atoms with Gasteiger partial charge in [-0.15, -0.1) is 0 Å². The van der Waals surface area contributed by atoms with Crippen LogP contribution in [0.5, 0.6) is 0 Å². The first-order valence-corrected chi connectivity index (χ1v) is 23.0. The van der Waals surface area contributed by atoms with Crippen molar-refractivity contribution in [2.45, 2.75) is 86.3 Å². The number of benzene rings is 2. The highest BCUT2D eigenvalue weighted by molar-refractivity contribution is 7.86. The molecule has 1 unspecified atom stereocenters. The molecule has 1 atom stereocenters. The molecule has 54 heavy (non-hydrogen) atoms. The lowest BCUT2D eigenvalue weighted by atomic mass is 9.77. The molecule has 20 heteroatoms. The molecule has 0 radical (unpaired) electrons. The Labute approximate surface area is 315 Å². The highest BCUT2D eigenvalue weighted by atomic mass is 32.2. The third-order valence-electron chi connectivity index (χ3n) is 9.81. The van der Waals surface area contributed by atoms with Crippen LogP contribution in [0.2, 0.25) is 0 Å². The van der Waals surface area contributed by atoms with Gasteiger partial charge in [0.25, 0.3) is 40.5 Å². The number of carbonyl (C=O) groups is 1. The second-order valence-corrected chi connectivity index (χ2v) is 20.1. The Balaban J connectivity index is 1.87. The molecule has 0 bridgehead atoms. The molecule has 2 aromatic carbocycles. The van der Waals surface area contributed by atoms with Crippen molar-refractivity contribution in [2.24, 2.45) is 0 Å². The summed E-state index contributed by atoms with van der Waals surface area (Å²) >= 11 is 0. The summed E-state index contributed by atoms with van der Waals surface area (Å²) in [5.41, 5.74) is 1.41. The molecule has 2 aromatic rings. The molecule has 0 aromatic heterocycles. The fourth-order valence-electron chi connectivity index (χ4n) is 7.22. The summed E-state index contributed by atoms with van der Waals surface area (Å²) in [6, 6.07) is 8.10. The molecule has 298 valence electrons. The fourth-order valence-corrected chi connectivity index (χ4v) is 9.23. The molecule has 0 saturated heterocycles. The number of rotatable bonds is 18. The molecule has 2 heterocycles. The van der Waals surface area contributed by atoms with Gasteiger partial charge in [0.1, 0.15) is 6.54 Å². The minimum atomic E-state index is -4.63. The first-order valence-electron chi connectivity index (χ1n) is 16.9. The fraction of sp³-hybridized carbons (Fsp3) is 0.471. The highest BCUT2D eigenvalue weighted by Crippen LogP contribution is 2.51. The van der Waals surface area contributed by atoms with Gasteiger partial charge in [-0.1, -0.05) is 18.9 Å². The smallest absolute Gasteiger partial charge is 0.303 e. The number of carboxylic acids is 1. The van der Waals surface area contributed by atoms with Crippen molar-refractivity contribution in [2.75, 3.05) is 29.5 Å². The van der Waals surface area contributed by atoms with E-state index in [9.17, 15) is 56.7 Å². The Morgan fingerprint density at radius 2 is 1.33 bits per heavy atom. The van der Waals surface area contributed by atoms with Crippen LogP contribution in [0.25, 0.3) is 0 Å². The normalized spacial score (nSPS) is 19.5. The highest BCUT2D eigenvalue weighted by Gasteiger charge is 2.46. The second-order valence-electron chi connectivity index (χ2n) is 14.1. The van der Waals surface area contributed by atoms with Gasteiger partial charge in [0.2, 0.25) is 5.69 Å². The van der Waals surface area contributed by atoms with E-state index < -0.39 is 68.8 Å².